The molecule has 0 saturated heterocycles. The third kappa shape index (κ3) is 1.95. The molecule has 3 heteroatoms. The predicted molar refractivity (Wildman–Crippen MR) is 55.6 cm³/mol. The van der Waals surface area contributed by atoms with Gasteiger partial charge in [0.15, 0.2) is 0 Å². The highest BCUT2D eigenvalue weighted by molar-refractivity contribution is 5.85. The number of fused-ring (bicyclic) bond motifs is 1. The maximum atomic E-state index is 5.53. The molecule has 0 saturated carbocycles. The number of benzene rings is 1. The summed E-state index contributed by atoms with van der Waals surface area (Å²) in [5.74, 6) is 1.09. The van der Waals surface area contributed by atoms with Crippen molar-refractivity contribution in [3.05, 3.63) is 29.3 Å². The van der Waals surface area contributed by atoms with Crippen LogP contribution in [0.5, 0.6) is 5.75 Å². The lowest BCUT2D eigenvalue weighted by Gasteiger charge is -2.05. The van der Waals surface area contributed by atoms with E-state index in [1.54, 1.807) is 0 Å². The zero-order valence-corrected chi connectivity index (χ0v) is 8.27. The molecule has 0 aliphatic carbocycles. The Balaban J connectivity index is 0.000000845. The van der Waals surface area contributed by atoms with Gasteiger partial charge in [-0.05, 0) is 24.1 Å². The van der Waals surface area contributed by atoms with Gasteiger partial charge in [-0.3, -0.25) is 0 Å². The lowest BCUT2D eigenvalue weighted by molar-refractivity contribution is 0.353. The highest BCUT2D eigenvalue weighted by Crippen LogP contribution is 2.29. The molecule has 1 aromatic rings. The molecule has 0 spiro atoms. The Morgan fingerprint density at radius 3 is 3.00 bits per heavy atom. The van der Waals surface area contributed by atoms with Gasteiger partial charge in [0.2, 0.25) is 0 Å². The molecule has 0 amide bonds. The summed E-state index contributed by atoms with van der Waals surface area (Å²) in [6.45, 7) is 1.52. The summed E-state index contributed by atoms with van der Waals surface area (Å²) in [5, 5.41) is 0. The van der Waals surface area contributed by atoms with Crippen LogP contribution in [0.15, 0.2) is 18.2 Å². The van der Waals surface area contributed by atoms with Crippen molar-refractivity contribution in [2.75, 3.05) is 13.2 Å². The molecule has 0 fully saturated rings. The van der Waals surface area contributed by atoms with Crippen molar-refractivity contribution >= 4 is 12.4 Å². The molecule has 1 aliphatic heterocycles. The highest BCUT2D eigenvalue weighted by atomic mass is 35.5. The first-order valence-corrected chi connectivity index (χ1v) is 4.35. The summed E-state index contributed by atoms with van der Waals surface area (Å²) >= 11 is 0. The van der Waals surface area contributed by atoms with Crippen LogP contribution in [0.25, 0.3) is 0 Å². The first-order valence-electron chi connectivity index (χ1n) is 4.35. The molecule has 1 heterocycles. The molecule has 1 aromatic carbocycles. The lowest BCUT2D eigenvalue weighted by Crippen LogP contribution is -2.03. The van der Waals surface area contributed by atoms with Crippen LogP contribution in [-0.4, -0.2) is 13.2 Å². The second-order valence-electron chi connectivity index (χ2n) is 3.04. The minimum Gasteiger partial charge on any atom is -0.493 e. The van der Waals surface area contributed by atoms with Crippen LogP contribution in [0.2, 0.25) is 0 Å². The van der Waals surface area contributed by atoms with Crippen molar-refractivity contribution in [2.45, 2.75) is 12.8 Å². The summed E-state index contributed by atoms with van der Waals surface area (Å²) < 4.78 is 5.53. The summed E-state index contributed by atoms with van der Waals surface area (Å²) in [7, 11) is 0. The van der Waals surface area contributed by atoms with Crippen LogP contribution in [0.4, 0.5) is 0 Å². The first kappa shape index (κ1) is 10.4. The molecule has 0 bridgehead atoms. The summed E-state index contributed by atoms with van der Waals surface area (Å²) in [5.41, 5.74) is 8.09. The normalized spacial score (nSPS) is 13.0. The van der Waals surface area contributed by atoms with E-state index in [2.05, 4.69) is 18.2 Å². The predicted octanol–water partition coefficient (Wildman–Crippen LogP) is 1.54. The Labute approximate surface area is 84.5 Å². The standard InChI is InChI=1S/C10H13NO.ClH/c11-6-4-8-2-1-3-9-5-7-12-10(8)9;/h1-3H,4-7,11H2;1H. The van der Waals surface area contributed by atoms with E-state index in [1.807, 2.05) is 0 Å². The highest BCUT2D eigenvalue weighted by Gasteiger charge is 2.14. The first-order chi connectivity index (χ1) is 5.92. The van der Waals surface area contributed by atoms with E-state index in [9.17, 15) is 0 Å². The smallest absolute Gasteiger partial charge is 0.125 e. The molecule has 1 aliphatic rings. The van der Waals surface area contributed by atoms with Gasteiger partial charge in [0.25, 0.3) is 0 Å². The van der Waals surface area contributed by atoms with Gasteiger partial charge in [-0.25, -0.2) is 0 Å². The largest absolute Gasteiger partial charge is 0.493 e. The molecule has 72 valence electrons. The zero-order valence-electron chi connectivity index (χ0n) is 7.45. The van der Waals surface area contributed by atoms with Crippen molar-refractivity contribution in [2.24, 2.45) is 5.73 Å². The van der Waals surface area contributed by atoms with E-state index in [1.165, 1.54) is 11.1 Å². The molecular formula is C10H14ClNO. The quantitative estimate of drug-likeness (QED) is 0.785. The van der Waals surface area contributed by atoms with Gasteiger partial charge in [-0.1, -0.05) is 18.2 Å². The van der Waals surface area contributed by atoms with Crippen molar-refractivity contribution < 1.29 is 4.74 Å². The second kappa shape index (κ2) is 4.49. The Bertz CT molecular complexity index is 288. The molecule has 2 rings (SSSR count). The van der Waals surface area contributed by atoms with E-state index >= 15 is 0 Å². The van der Waals surface area contributed by atoms with Crippen LogP contribution >= 0.6 is 12.4 Å². The van der Waals surface area contributed by atoms with Gasteiger partial charge >= 0.3 is 0 Å². The van der Waals surface area contributed by atoms with E-state index < -0.39 is 0 Å². The molecule has 2 nitrogen and oxygen atoms in total. The van der Waals surface area contributed by atoms with Crippen LogP contribution in [-0.2, 0) is 12.8 Å². The lowest BCUT2D eigenvalue weighted by atomic mass is 10.1. The number of ether oxygens (including phenoxy) is 1. The molecule has 0 aromatic heterocycles. The number of hydrogen-bond donors (Lipinski definition) is 1. The molecular weight excluding hydrogens is 186 g/mol. The van der Waals surface area contributed by atoms with Gasteiger partial charge < -0.3 is 10.5 Å². The van der Waals surface area contributed by atoms with Gasteiger partial charge in [0, 0.05) is 6.42 Å². The third-order valence-corrected chi connectivity index (χ3v) is 2.21. The van der Waals surface area contributed by atoms with Crippen LogP contribution in [0, 0.1) is 0 Å². The average Bonchev–Trinajstić information content (AvgIpc) is 2.53. The van der Waals surface area contributed by atoms with Crippen molar-refractivity contribution in [3.63, 3.8) is 0 Å². The minimum absolute atomic E-state index is 0. The monoisotopic (exact) mass is 199 g/mol. The van der Waals surface area contributed by atoms with E-state index in [0.29, 0.717) is 6.54 Å². The van der Waals surface area contributed by atoms with Crippen molar-refractivity contribution in [3.8, 4) is 5.75 Å². The average molecular weight is 200 g/mol. The maximum Gasteiger partial charge on any atom is 0.125 e. The number of halogens is 1. The Kier molecular flexibility index (Phi) is 3.58. The number of rotatable bonds is 2. The van der Waals surface area contributed by atoms with E-state index in [4.69, 9.17) is 10.5 Å². The SMILES string of the molecule is Cl.NCCc1cccc2c1OCC2. The Morgan fingerprint density at radius 2 is 2.23 bits per heavy atom. The molecule has 0 unspecified atom stereocenters. The summed E-state index contributed by atoms with van der Waals surface area (Å²) in [4.78, 5) is 0. The second-order valence-corrected chi connectivity index (χ2v) is 3.04. The van der Waals surface area contributed by atoms with Gasteiger partial charge in [-0.2, -0.15) is 0 Å². The van der Waals surface area contributed by atoms with Gasteiger partial charge in [-0.15, -0.1) is 12.4 Å². The zero-order chi connectivity index (χ0) is 8.39. The van der Waals surface area contributed by atoms with Crippen LogP contribution in [0.3, 0.4) is 0 Å². The summed E-state index contributed by atoms with van der Waals surface area (Å²) in [6, 6.07) is 6.30. The van der Waals surface area contributed by atoms with Crippen molar-refractivity contribution in [1.29, 1.82) is 0 Å². The Hall–Kier alpha value is -0.730. The van der Waals surface area contributed by atoms with E-state index in [-0.39, 0.29) is 12.4 Å². The minimum atomic E-state index is 0. The van der Waals surface area contributed by atoms with E-state index in [0.717, 1.165) is 25.2 Å². The molecule has 0 atom stereocenters. The fraction of sp³-hybridized carbons (Fsp3) is 0.400. The third-order valence-electron chi connectivity index (χ3n) is 2.21. The topological polar surface area (TPSA) is 35.2 Å². The van der Waals surface area contributed by atoms with Gasteiger partial charge in [0.05, 0.1) is 6.61 Å². The van der Waals surface area contributed by atoms with Crippen LogP contribution in [0.1, 0.15) is 11.1 Å². The maximum absolute atomic E-state index is 5.53. The number of hydrogen-bond acceptors (Lipinski definition) is 2. The molecule has 0 radical (unpaired) electrons. The van der Waals surface area contributed by atoms with Crippen molar-refractivity contribution in [1.82, 2.24) is 0 Å². The fourth-order valence-corrected chi connectivity index (χ4v) is 1.64. The number of para-hydroxylation sites is 1. The van der Waals surface area contributed by atoms with Gasteiger partial charge in [0.1, 0.15) is 5.75 Å². The number of nitrogens with two attached hydrogens (primary N) is 1. The molecule has 2 N–H and O–H groups in total. The molecule has 13 heavy (non-hydrogen) atoms. The fourth-order valence-electron chi connectivity index (χ4n) is 1.64. The summed E-state index contributed by atoms with van der Waals surface area (Å²) in [6.07, 6.45) is 1.97. The van der Waals surface area contributed by atoms with Crippen LogP contribution < -0.4 is 10.5 Å². The Morgan fingerprint density at radius 1 is 1.38 bits per heavy atom.